The van der Waals surface area contributed by atoms with Crippen molar-refractivity contribution in [2.24, 2.45) is 10.7 Å². The van der Waals surface area contributed by atoms with Crippen LogP contribution in [0.2, 0.25) is 0 Å². The third kappa shape index (κ3) is 8.67. The van der Waals surface area contributed by atoms with Crippen molar-refractivity contribution in [2.45, 2.75) is 58.5 Å². The molecule has 1 aromatic rings. The van der Waals surface area contributed by atoms with Gasteiger partial charge < -0.3 is 16.2 Å². The van der Waals surface area contributed by atoms with E-state index in [0.29, 0.717) is 5.96 Å². The maximum atomic E-state index is 9.00. The van der Waals surface area contributed by atoms with Gasteiger partial charge in [0.2, 0.25) is 0 Å². The lowest BCUT2D eigenvalue weighted by atomic mass is 10.1. The predicted octanol–water partition coefficient (Wildman–Crippen LogP) is 2.99. The van der Waals surface area contributed by atoms with E-state index in [1.165, 1.54) is 37.7 Å². The van der Waals surface area contributed by atoms with E-state index in [0.717, 1.165) is 31.5 Å². The smallest absolute Gasteiger partial charge is 0.188 e. The molecule has 0 fully saturated rings. The van der Waals surface area contributed by atoms with Crippen LogP contribution in [0.5, 0.6) is 0 Å². The van der Waals surface area contributed by atoms with Gasteiger partial charge in [-0.1, -0.05) is 63.3 Å². The van der Waals surface area contributed by atoms with Crippen molar-refractivity contribution in [1.29, 1.82) is 0 Å². The largest absolute Gasteiger partial charge is 0.392 e. The summed E-state index contributed by atoms with van der Waals surface area (Å²) in [5.41, 5.74) is 8.02. The molecule has 4 N–H and O–H groups in total. The van der Waals surface area contributed by atoms with E-state index < -0.39 is 0 Å². The van der Waals surface area contributed by atoms with Crippen molar-refractivity contribution < 1.29 is 5.11 Å². The molecule has 0 atom stereocenters. The van der Waals surface area contributed by atoms with Crippen molar-refractivity contribution in [1.82, 2.24) is 5.32 Å². The summed E-state index contributed by atoms with van der Waals surface area (Å²) < 4.78 is 0. The summed E-state index contributed by atoms with van der Waals surface area (Å²) in [6.07, 6.45) is 8.54. The first kappa shape index (κ1) is 18.5. The van der Waals surface area contributed by atoms with Crippen molar-refractivity contribution >= 4 is 5.96 Å². The Morgan fingerprint density at radius 3 is 2.36 bits per heavy atom. The van der Waals surface area contributed by atoms with E-state index in [9.17, 15) is 0 Å². The standard InChI is InChI=1S/C18H31N3O/c1-2-3-4-5-6-7-13-20-18(19)21-14-12-16-8-10-17(15-22)11-9-16/h8-11,22H,2-7,12-15H2,1H3,(H3,19,20,21). The molecule has 0 bridgehead atoms. The Hall–Kier alpha value is -1.55. The number of aliphatic hydroxyl groups excluding tert-OH is 1. The minimum absolute atomic E-state index is 0.0938. The normalized spacial score (nSPS) is 11.6. The van der Waals surface area contributed by atoms with Gasteiger partial charge in [0.25, 0.3) is 0 Å². The van der Waals surface area contributed by atoms with Crippen LogP contribution in [-0.2, 0) is 13.0 Å². The van der Waals surface area contributed by atoms with E-state index in [1.807, 2.05) is 24.3 Å². The highest BCUT2D eigenvalue weighted by Gasteiger charge is 1.96. The van der Waals surface area contributed by atoms with Gasteiger partial charge in [0.15, 0.2) is 5.96 Å². The first-order valence-corrected chi connectivity index (χ1v) is 8.48. The van der Waals surface area contributed by atoms with Crippen LogP contribution in [0.15, 0.2) is 29.3 Å². The summed E-state index contributed by atoms with van der Waals surface area (Å²) in [5, 5.41) is 12.1. The number of benzene rings is 1. The fourth-order valence-corrected chi connectivity index (χ4v) is 2.29. The summed E-state index contributed by atoms with van der Waals surface area (Å²) in [5.74, 6) is 0.542. The topological polar surface area (TPSA) is 70.6 Å². The zero-order valence-electron chi connectivity index (χ0n) is 13.9. The lowest BCUT2D eigenvalue weighted by Gasteiger charge is -2.06. The highest BCUT2D eigenvalue weighted by molar-refractivity contribution is 5.77. The van der Waals surface area contributed by atoms with E-state index in [-0.39, 0.29) is 6.61 Å². The van der Waals surface area contributed by atoms with Crippen molar-refractivity contribution in [2.75, 3.05) is 13.1 Å². The van der Waals surface area contributed by atoms with Crippen LogP contribution in [0.4, 0.5) is 0 Å². The molecule has 124 valence electrons. The van der Waals surface area contributed by atoms with E-state index in [2.05, 4.69) is 17.2 Å². The molecule has 0 heterocycles. The van der Waals surface area contributed by atoms with Gasteiger partial charge in [0.1, 0.15) is 0 Å². The molecule has 0 aromatic heterocycles. The molecule has 22 heavy (non-hydrogen) atoms. The summed E-state index contributed by atoms with van der Waals surface area (Å²) in [6.45, 7) is 3.93. The third-order valence-corrected chi connectivity index (χ3v) is 3.72. The molecule has 1 aromatic carbocycles. The van der Waals surface area contributed by atoms with Gasteiger partial charge in [-0.3, -0.25) is 4.99 Å². The Morgan fingerprint density at radius 1 is 1.05 bits per heavy atom. The number of unbranched alkanes of at least 4 members (excludes halogenated alkanes) is 5. The molecule has 1 rings (SSSR count). The average Bonchev–Trinajstić information content (AvgIpc) is 2.54. The molecular formula is C18H31N3O. The van der Waals surface area contributed by atoms with E-state index in [4.69, 9.17) is 10.8 Å². The molecule has 4 nitrogen and oxygen atoms in total. The number of guanidine groups is 1. The van der Waals surface area contributed by atoms with Gasteiger partial charge in [-0.25, -0.2) is 0 Å². The van der Waals surface area contributed by atoms with Crippen LogP contribution in [0, 0.1) is 0 Å². The molecule has 0 unspecified atom stereocenters. The van der Waals surface area contributed by atoms with Crippen LogP contribution >= 0.6 is 0 Å². The Morgan fingerprint density at radius 2 is 1.68 bits per heavy atom. The maximum absolute atomic E-state index is 9.00. The minimum Gasteiger partial charge on any atom is -0.392 e. The molecule has 0 aliphatic carbocycles. The number of nitrogens with two attached hydrogens (primary N) is 1. The van der Waals surface area contributed by atoms with Gasteiger partial charge in [-0.05, 0) is 24.0 Å². The molecular weight excluding hydrogens is 274 g/mol. The molecule has 0 amide bonds. The lowest BCUT2D eigenvalue weighted by molar-refractivity contribution is 0.282. The number of hydrogen-bond donors (Lipinski definition) is 3. The quantitative estimate of drug-likeness (QED) is 0.334. The van der Waals surface area contributed by atoms with E-state index in [1.54, 1.807) is 0 Å². The monoisotopic (exact) mass is 305 g/mol. The fraction of sp³-hybridized carbons (Fsp3) is 0.611. The average molecular weight is 305 g/mol. The Balaban J connectivity index is 2.08. The maximum Gasteiger partial charge on any atom is 0.188 e. The van der Waals surface area contributed by atoms with Gasteiger partial charge >= 0.3 is 0 Å². The second-order valence-corrected chi connectivity index (χ2v) is 5.69. The molecule has 0 aliphatic heterocycles. The SMILES string of the molecule is CCCCCCCCN=C(N)NCCc1ccc(CO)cc1. The number of nitrogens with zero attached hydrogens (tertiary/aromatic N) is 1. The Kier molecular flexibility index (Phi) is 10.1. The van der Waals surface area contributed by atoms with Gasteiger partial charge in [-0.15, -0.1) is 0 Å². The molecule has 0 aliphatic rings. The number of aliphatic imine (C=N–C) groups is 1. The predicted molar refractivity (Wildman–Crippen MR) is 93.9 cm³/mol. The zero-order chi connectivity index (χ0) is 16.0. The first-order chi connectivity index (χ1) is 10.8. The third-order valence-electron chi connectivity index (χ3n) is 3.72. The molecule has 0 saturated carbocycles. The summed E-state index contributed by atoms with van der Waals surface area (Å²) in [7, 11) is 0. The van der Waals surface area contributed by atoms with Crippen molar-refractivity contribution in [3.63, 3.8) is 0 Å². The molecule has 0 spiro atoms. The first-order valence-electron chi connectivity index (χ1n) is 8.48. The summed E-state index contributed by atoms with van der Waals surface area (Å²) in [6, 6.07) is 7.98. The Labute approximate surface area is 134 Å². The van der Waals surface area contributed by atoms with Gasteiger partial charge in [-0.2, -0.15) is 0 Å². The number of aliphatic hydroxyl groups is 1. The van der Waals surface area contributed by atoms with Crippen LogP contribution in [0.25, 0.3) is 0 Å². The van der Waals surface area contributed by atoms with Crippen LogP contribution in [0.1, 0.15) is 56.6 Å². The van der Waals surface area contributed by atoms with Crippen molar-refractivity contribution in [3.8, 4) is 0 Å². The highest BCUT2D eigenvalue weighted by Crippen LogP contribution is 2.05. The molecule has 0 saturated heterocycles. The van der Waals surface area contributed by atoms with Crippen molar-refractivity contribution in [3.05, 3.63) is 35.4 Å². The zero-order valence-corrected chi connectivity index (χ0v) is 13.9. The lowest BCUT2D eigenvalue weighted by Crippen LogP contribution is -2.33. The number of nitrogens with one attached hydrogen (secondary N) is 1. The number of rotatable bonds is 11. The van der Waals surface area contributed by atoms with Crippen LogP contribution in [-0.4, -0.2) is 24.2 Å². The second kappa shape index (κ2) is 12.0. The van der Waals surface area contributed by atoms with E-state index >= 15 is 0 Å². The highest BCUT2D eigenvalue weighted by atomic mass is 16.3. The molecule has 4 heteroatoms. The van der Waals surface area contributed by atoms with Gasteiger partial charge in [0.05, 0.1) is 6.61 Å². The Bertz CT molecular complexity index is 415. The van der Waals surface area contributed by atoms with Crippen LogP contribution < -0.4 is 11.1 Å². The number of hydrogen-bond acceptors (Lipinski definition) is 2. The summed E-state index contributed by atoms with van der Waals surface area (Å²) >= 11 is 0. The second-order valence-electron chi connectivity index (χ2n) is 5.69. The molecule has 0 radical (unpaired) electrons. The summed E-state index contributed by atoms with van der Waals surface area (Å²) in [4.78, 5) is 4.35. The fourth-order valence-electron chi connectivity index (χ4n) is 2.29. The van der Waals surface area contributed by atoms with Gasteiger partial charge in [0, 0.05) is 13.1 Å². The minimum atomic E-state index is 0.0938. The van der Waals surface area contributed by atoms with Crippen LogP contribution in [0.3, 0.4) is 0 Å².